The first-order chi connectivity index (χ1) is 20.0. The Labute approximate surface area is 246 Å². The Morgan fingerprint density at radius 1 is 1.02 bits per heavy atom. The molecule has 0 spiro atoms. The minimum absolute atomic E-state index is 0.127. The smallest absolute Gasteiger partial charge is 0.248 e. The topological polar surface area (TPSA) is 140 Å². The molecule has 3 atom stereocenters. The van der Waals surface area contributed by atoms with Crippen molar-refractivity contribution in [3.63, 3.8) is 0 Å². The third kappa shape index (κ3) is 6.63. The second kappa shape index (κ2) is 12.9. The van der Waals surface area contributed by atoms with Crippen LogP contribution in [0.15, 0.2) is 66.9 Å². The fourth-order valence-electron chi connectivity index (χ4n) is 5.37. The molecular weight excluding hydrogens is 530 g/mol. The van der Waals surface area contributed by atoms with E-state index in [2.05, 4.69) is 10.6 Å². The zero-order valence-electron chi connectivity index (χ0n) is 24.7. The van der Waals surface area contributed by atoms with E-state index < -0.39 is 11.9 Å². The molecule has 1 aliphatic heterocycles. The Kier molecular flexibility index (Phi) is 9.32. The standard InChI is InChI=1S/C33H39N5O4/c1-19-13-25(31(35)40)14-20(2)26(19)16-28(34)33(41)38(18-23-11-12-30(42-5)27(15-23)22(4)39)21(3)32-36-17-29(37-32)24-9-7-6-8-10-24/h6-15,17,21,28,32,36-37H,16,18,34H2,1-5H3,(H2,35,40). The maximum Gasteiger partial charge on any atom is 0.248 e. The van der Waals surface area contributed by atoms with Gasteiger partial charge in [-0.1, -0.05) is 36.4 Å². The second-order valence-electron chi connectivity index (χ2n) is 10.8. The molecule has 0 radical (unpaired) electrons. The number of aryl methyl sites for hydroxylation is 2. The first-order valence-corrected chi connectivity index (χ1v) is 13.9. The van der Waals surface area contributed by atoms with Crippen LogP contribution in [0.1, 0.15) is 62.4 Å². The highest BCUT2D eigenvalue weighted by Gasteiger charge is 2.33. The van der Waals surface area contributed by atoms with Gasteiger partial charge in [-0.15, -0.1) is 0 Å². The summed E-state index contributed by atoms with van der Waals surface area (Å²) in [5.41, 5.74) is 18.3. The predicted molar refractivity (Wildman–Crippen MR) is 164 cm³/mol. The first-order valence-electron chi connectivity index (χ1n) is 13.9. The zero-order valence-corrected chi connectivity index (χ0v) is 24.7. The van der Waals surface area contributed by atoms with E-state index in [0.717, 1.165) is 33.5 Å². The van der Waals surface area contributed by atoms with Gasteiger partial charge < -0.3 is 31.7 Å². The SMILES string of the molecule is COc1ccc(CN(C(=O)C(N)Cc2c(C)cc(C(N)=O)cc2C)C(C)C2NC=C(c3ccccc3)N2)cc1C(C)=O. The molecular formula is C33H39N5O4. The van der Waals surface area contributed by atoms with Crippen molar-refractivity contribution in [2.24, 2.45) is 11.5 Å². The van der Waals surface area contributed by atoms with Gasteiger partial charge in [-0.05, 0) is 86.2 Å². The lowest BCUT2D eigenvalue weighted by atomic mass is 9.93. The number of carbonyl (C=O) groups is 3. The summed E-state index contributed by atoms with van der Waals surface area (Å²) in [6, 6.07) is 17.6. The summed E-state index contributed by atoms with van der Waals surface area (Å²) >= 11 is 0. The average Bonchev–Trinajstić information content (AvgIpc) is 3.47. The van der Waals surface area contributed by atoms with Gasteiger partial charge in [0.1, 0.15) is 11.9 Å². The molecule has 9 nitrogen and oxygen atoms in total. The van der Waals surface area contributed by atoms with Crippen LogP contribution >= 0.6 is 0 Å². The molecule has 3 unspecified atom stereocenters. The number of nitrogens with one attached hydrogen (secondary N) is 2. The van der Waals surface area contributed by atoms with E-state index in [0.29, 0.717) is 23.3 Å². The highest BCUT2D eigenvalue weighted by atomic mass is 16.5. The van der Waals surface area contributed by atoms with Gasteiger partial charge in [-0.25, -0.2) is 0 Å². The highest BCUT2D eigenvalue weighted by molar-refractivity contribution is 5.97. The van der Waals surface area contributed by atoms with E-state index in [-0.39, 0.29) is 30.4 Å². The molecule has 42 heavy (non-hydrogen) atoms. The van der Waals surface area contributed by atoms with Gasteiger partial charge in [0.15, 0.2) is 5.78 Å². The first kappa shape index (κ1) is 30.3. The fraction of sp³-hybridized carbons (Fsp3) is 0.303. The number of primary amides is 1. The number of methoxy groups -OCH3 is 1. The van der Waals surface area contributed by atoms with E-state index in [4.69, 9.17) is 16.2 Å². The van der Waals surface area contributed by atoms with Crippen molar-refractivity contribution in [2.75, 3.05) is 7.11 Å². The van der Waals surface area contributed by atoms with Crippen molar-refractivity contribution in [1.29, 1.82) is 0 Å². The van der Waals surface area contributed by atoms with Crippen LogP contribution in [0.5, 0.6) is 5.75 Å². The number of Topliss-reactive ketones (excluding diaryl/α,β-unsaturated/α-hetero) is 1. The van der Waals surface area contributed by atoms with Crippen LogP contribution in [-0.2, 0) is 17.8 Å². The van der Waals surface area contributed by atoms with E-state index in [1.807, 2.05) is 63.4 Å². The number of hydrogen-bond acceptors (Lipinski definition) is 7. The molecule has 2 amide bonds. The average molecular weight is 570 g/mol. The molecule has 3 aromatic rings. The molecule has 3 aromatic carbocycles. The third-order valence-electron chi connectivity index (χ3n) is 7.78. The summed E-state index contributed by atoms with van der Waals surface area (Å²) in [5.74, 6) is -0.387. The lowest BCUT2D eigenvalue weighted by molar-refractivity contribution is -0.136. The number of amides is 2. The summed E-state index contributed by atoms with van der Waals surface area (Å²) in [6.45, 7) is 7.45. The summed E-state index contributed by atoms with van der Waals surface area (Å²) in [7, 11) is 1.52. The van der Waals surface area contributed by atoms with Crippen LogP contribution in [0, 0.1) is 13.8 Å². The second-order valence-corrected chi connectivity index (χ2v) is 10.8. The molecule has 6 N–H and O–H groups in total. The van der Waals surface area contributed by atoms with Crippen LogP contribution in [-0.4, -0.2) is 47.9 Å². The molecule has 4 rings (SSSR count). The molecule has 1 heterocycles. The van der Waals surface area contributed by atoms with Crippen molar-refractivity contribution in [3.05, 3.63) is 106 Å². The number of ketones is 1. The van der Waals surface area contributed by atoms with Crippen molar-refractivity contribution in [1.82, 2.24) is 15.5 Å². The number of nitrogens with zero attached hydrogens (tertiary/aromatic N) is 1. The monoisotopic (exact) mass is 569 g/mol. The Balaban J connectivity index is 1.62. The molecule has 0 bridgehead atoms. The van der Waals surface area contributed by atoms with E-state index in [9.17, 15) is 14.4 Å². The number of nitrogens with two attached hydrogens (primary N) is 2. The number of hydrogen-bond donors (Lipinski definition) is 4. The lowest BCUT2D eigenvalue weighted by Gasteiger charge is -2.36. The number of carbonyl (C=O) groups excluding carboxylic acids is 3. The quantitative estimate of drug-likeness (QED) is 0.260. The summed E-state index contributed by atoms with van der Waals surface area (Å²) in [6.07, 6.45) is 1.92. The molecule has 0 saturated carbocycles. The minimum Gasteiger partial charge on any atom is -0.496 e. The van der Waals surface area contributed by atoms with E-state index in [1.54, 1.807) is 29.2 Å². The van der Waals surface area contributed by atoms with Gasteiger partial charge >= 0.3 is 0 Å². The number of rotatable bonds is 11. The maximum atomic E-state index is 14.1. The summed E-state index contributed by atoms with van der Waals surface area (Å²) in [4.78, 5) is 39.9. The molecule has 0 saturated heterocycles. The fourth-order valence-corrected chi connectivity index (χ4v) is 5.37. The van der Waals surface area contributed by atoms with Gasteiger partial charge in [-0.2, -0.15) is 0 Å². The predicted octanol–water partition coefficient (Wildman–Crippen LogP) is 3.42. The van der Waals surface area contributed by atoms with Crippen LogP contribution in [0.3, 0.4) is 0 Å². The van der Waals surface area contributed by atoms with Crippen molar-refractivity contribution < 1.29 is 19.1 Å². The number of ether oxygens (including phenoxy) is 1. The maximum absolute atomic E-state index is 14.1. The van der Waals surface area contributed by atoms with E-state index in [1.165, 1.54) is 14.0 Å². The normalized spacial score (nSPS) is 15.6. The molecule has 0 aliphatic carbocycles. The molecule has 0 aromatic heterocycles. The van der Waals surface area contributed by atoms with Crippen LogP contribution in [0.2, 0.25) is 0 Å². The van der Waals surface area contributed by atoms with Gasteiger partial charge in [-0.3, -0.25) is 14.4 Å². The van der Waals surface area contributed by atoms with Gasteiger partial charge in [0.2, 0.25) is 11.8 Å². The Morgan fingerprint density at radius 2 is 1.69 bits per heavy atom. The highest BCUT2D eigenvalue weighted by Crippen LogP contribution is 2.25. The summed E-state index contributed by atoms with van der Waals surface area (Å²) in [5, 5.41) is 6.87. The van der Waals surface area contributed by atoms with Crippen molar-refractivity contribution >= 4 is 23.3 Å². The van der Waals surface area contributed by atoms with Crippen molar-refractivity contribution in [2.45, 2.75) is 58.9 Å². The molecule has 220 valence electrons. The largest absolute Gasteiger partial charge is 0.496 e. The molecule has 1 aliphatic rings. The van der Waals surface area contributed by atoms with Gasteiger partial charge in [0.05, 0.1) is 30.5 Å². The number of benzene rings is 3. The molecule has 9 heteroatoms. The van der Waals surface area contributed by atoms with Gasteiger partial charge in [0, 0.05) is 18.3 Å². The minimum atomic E-state index is -0.849. The zero-order chi connectivity index (χ0) is 30.6. The summed E-state index contributed by atoms with van der Waals surface area (Å²) < 4.78 is 5.37. The lowest BCUT2D eigenvalue weighted by Crippen LogP contribution is -2.56. The Bertz CT molecular complexity index is 1500. The van der Waals surface area contributed by atoms with Crippen LogP contribution in [0.4, 0.5) is 0 Å². The molecule has 0 fully saturated rings. The van der Waals surface area contributed by atoms with Crippen LogP contribution in [0.25, 0.3) is 5.70 Å². The van der Waals surface area contributed by atoms with Gasteiger partial charge in [0.25, 0.3) is 0 Å². The van der Waals surface area contributed by atoms with Crippen LogP contribution < -0.4 is 26.8 Å². The Hall–Kier alpha value is -4.63. The Morgan fingerprint density at radius 3 is 2.29 bits per heavy atom. The van der Waals surface area contributed by atoms with E-state index >= 15 is 0 Å². The third-order valence-corrected chi connectivity index (χ3v) is 7.78. The van der Waals surface area contributed by atoms with Crippen molar-refractivity contribution in [3.8, 4) is 5.75 Å².